The largest absolute Gasteiger partial charge is 0.496 e. The summed E-state index contributed by atoms with van der Waals surface area (Å²) in [4.78, 5) is 17.1. The molecule has 0 atom stereocenters. The Labute approximate surface area is 147 Å². The standard InChI is InChI=1S/C17H13BrClNO3/c1-22-15-9-7-13(18)12-6-8-14(16(12)15)20-23-17(21)10-2-4-11(19)5-3-10/h2-5,7,9H,6,8H2,1H3/b20-14-. The molecule has 23 heavy (non-hydrogen) atoms. The topological polar surface area (TPSA) is 47.9 Å². The smallest absolute Gasteiger partial charge is 0.365 e. The molecule has 0 amide bonds. The number of hydrogen-bond donors (Lipinski definition) is 0. The Bertz CT molecular complexity index is 787. The van der Waals surface area contributed by atoms with Gasteiger partial charge in [-0.25, -0.2) is 4.79 Å². The van der Waals surface area contributed by atoms with Gasteiger partial charge >= 0.3 is 5.97 Å². The second-order valence-electron chi connectivity index (χ2n) is 5.03. The fraction of sp³-hybridized carbons (Fsp3) is 0.176. The molecule has 0 radical (unpaired) electrons. The highest BCUT2D eigenvalue weighted by Crippen LogP contribution is 2.36. The molecular formula is C17H13BrClNO3. The van der Waals surface area contributed by atoms with Gasteiger partial charge in [-0.1, -0.05) is 32.7 Å². The van der Waals surface area contributed by atoms with E-state index in [1.807, 2.05) is 12.1 Å². The van der Waals surface area contributed by atoms with E-state index in [9.17, 15) is 4.79 Å². The second kappa shape index (κ2) is 6.72. The van der Waals surface area contributed by atoms with E-state index in [0.29, 0.717) is 22.7 Å². The van der Waals surface area contributed by atoms with Crippen molar-refractivity contribution in [2.75, 3.05) is 7.11 Å². The lowest BCUT2D eigenvalue weighted by Crippen LogP contribution is -2.05. The predicted molar refractivity (Wildman–Crippen MR) is 92.4 cm³/mol. The SMILES string of the molecule is COc1ccc(Br)c2c1/C(=N\OC(=O)c1ccc(Cl)cc1)CC2. The van der Waals surface area contributed by atoms with Gasteiger partial charge in [-0.15, -0.1) is 0 Å². The normalized spacial score (nSPS) is 14.7. The molecule has 0 unspecified atom stereocenters. The number of ether oxygens (including phenoxy) is 1. The van der Waals surface area contributed by atoms with Crippen LogP contribution in [-0.4, -0.2) is 18.8 Å². The van der Waals surface area contributed by atoms with Crippen LogP contribution in [-0.2, 0) is 11.3 Å². The highest BCUT2D eigenvalue weighted by atomic mass is 79.9. The highest BCUT2D eigenvalue weighted by molar-refractivity contribution is 9.10. The van der Waals surface area contributed by atoms with Crippen LogP contribution in [0.5, 0.6) is 5.75 Å². The zero-order valence-electron chi connectivity index (χ0n) is 12.3. The summed E-state index contributed by atoms with van der Waals surface area (Å²) in [5.41, 5.74) is 3.12. The molecule has 0 saturated carbocycles. The molecule has 1 aliphatic rings. The second-order valence-corrected chi connectivity index (χ2v) is 6.32. The Morgan fingerprint density at radius 3 is 2.61 bits per heavy atom. The lowest BCUT2D eigenvalue weighted by Gasteiger charge is -2.09. The number of carbonyl (C=O) groups is 1. The third kappa shape index (κ3) is 3.26. The van der Waals surface area contributed by atoms with E-state index in [0.717, 1.165) is 27.8 Å². The lowest BCUT2D eigenvalue weighted by atomic mass is 10.1. The maximum atomic E-state index is 12.0. The number of halogens is 2. The first-order chi connectivity index (χ1) is 11.1. The van der Waals surface area contributed by atoms with Crippen LogP contribution in [0.2, 0.25) is 5.02 Å². The van der Waals surface area contributed by atoms with Crippen molar-refractivity contribution >= 4 is 39.2 Å². The first-order valence-electron chi connectivity index (χ1n) is 6.99. The van der Waals surface area contributed by atoms with Gasteiger partial charge in [0.15, 0.2) is 0 Å². The molecule has 118 valence electrons. The number of hydrogen-bond acceptors (Lipinski definition) is 4. The van der Waals surface area contributed by atoms with Crippen molar-refractivity contribution in [2.24, 2.45) is 5.16 Å². The van der Waals surface area contributed by atoms with Crippen LogP contribution < -0.4 is 4.74 Å². The molecule has 0 bridgehead atoms. The summed E-state index contributed by atoms with van der Waals surface area (Å²) >= 11 is 9.33. The van der Waals surface area contributed by atoms with Gasteiger partial charge in [-0.3, -0.25) is 0 Å². The highest BCUT2D eigenvalue weighted by Gasteiger charge is 2.25. The first kappa shape index (κ1) is 16.0. The Morgan fingerprint density at radius 2 is 1.91 bits per heavy atom. The molecule has 0 aliphatic heterocycles. The number of carbonyl (C=O) groups excluding carboxylic acids is 1. The van der Waals surface area contributed by atoms with Gasteiger partial charge in [0.05, 0.1) is 18.4 Å². The Balaban J connectivity index is 1.85. The molecule has 1 aliphatic carbocycles. The van der Waals surface area contributed by atoms with Gasteiger partial charge in [0.1, 0.15) is 5.75 Å². The van der Waals surface area contributed by atoms with Crippen LogP contribution in [0.1, 0.15) is 27.9 Å². The van der Waals surface area contributed by atoms with Crippen molar-refractivity contribution in [3.63, 3.8) is 0 Å². The molecule has 0 N–H and O–H groups in total. The molecule has 4 nitrogen and oxygen atoms in total. The Kier molecular flexibility index (Phi) is 4.68. The maximum Gasteiger partial charge on any atom is 0.365 e. The first-order valence-corrected chi connectivity index (χ1v) is 8.16. The minimum atomic E-state index is -0.517. The number of nitrogens with zero attached hydrogens (tertiary/aromatic N) is 1. The van der Waals surface area contributed by atoms with Crippen LogP contribution in [0.15, 0.2) is 46.0 Å². The van der Waals surface area contributed by atoms with E-state index >= 15 is 0 Å². The van der Waals surface area contributed by atoms with Crippen molar-refractivity contribution < 1.29 is 14.4 Å². The maximum absolute atomic E-state index is 12.0. The van der Waals surface area contributed by atoms with Crippen LogP contribution >= 0.6 is 27.5 Å². The molecular weight excluding hydrogens is 382 g/mol. The van der Waals surface area contributed by atoms with Crippen molar-refractivity contribution in [1.29, 1.82) is 0 Å². The van der Waals surface area contributed by atoms with Crippen LogP contribution in [0, 0.1) is 0 Å². The summed E-state index contributed by atoms with van der Waals surface area (Å²) in [6, 6.07) is 10.3. The van der Waals surface area contributed by atoms with Crippen molar-refractivity contribution in [1.82, 2.24) is 0 Å². The van der Waals surface area contributed by atoms with Gasteiger partial charge in [0.2, 0.25) is 0 Å². The molecule has 0 spiro atoms. The molecule has 0 saturated heterocycles. The fourth-order valence-electron chi connectivity index (χ4n) is 2.53. The van der Waals surface area contributed by atoms with Crippen molar-refractivity contribution in [2.45, 2.75) is 12.8 Å². The van der Waals surface area contributed by atoms with E-state index in [4.69, 9.17) is 21.2 Å². The van der Waals surface area contributed by atoms with Crippen LogP contribution in [0.4, 0.5) is 0 Å². The number of benzene rings is 2. The monoisotopic (exact) mass is 393 g/mol. The Hall–Kier alpha value is -1.85. The van der Waals surface area contributed by atoms with Gasteiger partial charge < -0.3 is 9.57 Å². The summed E-state index contributed by atoms with van der Waals surface area (Å²) in [5, 5.41) is 4.61. The van der Waals surface area contributed by atoms with Crippen LogP contribution in [0.3, 0.4) is 0 Å². The summed E-state index contributed by atoms with van der Waals surface area (Å²) in [6.45, 7) is 0. The zero-order chi connectivity index (χ0) is 16.4. The third-order valence-corrected chi connectivity index (χ3v) is 4.65. The molecule has 2 aromatic rings. The summed E-state index contributed by atoms with van der Waals surface area (Å²) in [5.74, 6) is 0.207. The summed E-state index contributed by atoms with van der Waals surface area (Å²) < 4.78 is 6.39. The van der Waals surface area contributed by atoms with Gasteiger partial charge in [-0.05, 0) is 54.8 Å². The van der Waals surface area contributed by atoms with Gasteiger partial charge in [-0.2, -0.15) is 0 Å². The van der Waals surface area contributed by atoms with Crippen LogP contribution in [0.25, 0.3) is 0 Å². The predicted octanol–water partition coefficient (Wildman–Crippen LogP) is 4.62. The van der Waals surface area contributed by atoms with Crippen molar-refractivity contribution in [3.8, 4) is 5.75 Å². The fourth-order valence-corrected chi connectivity index (χ4v) is 3.18. The quantitative estimate of drug-likeness (QED) is 0.564. The minimum Gasteiger partial charge on any atom is -0.496 e. The number of methoxy groups -OCH3 is 1. The number of fused-ring (bicyclic) bond motifs is 1. The van der Waals surface area contributed by atoms with E-state index in [1.54, 1.807) is 31.4 Å². The van der Waals surface area contributed by atoms with E-state index in [2.05, 4.69) is 21.1 Å². The minimum absolute atomic E-state index is 0.401. The van der Waals surface area contributed by atoms with Gasteiger partial charge in [0, 0.05) is 15.1 Å². The molecule has 0 heterocycles. The van der Waals surface area contributed by atoms with Gasteiger partial charge in [0.25, 0.3) is 0 Å². The molecule has 0 aromatic heterocycles. The third-order valence-electron chi connectivity index (χ3n) is 3.66. The van der Waals surface area contributed by atoms with E-state index < -0.39 is 5.97 Å². The number of oxime groups is 1. The van der Waals surface area contributed by atoms with E-state index in [-0.39, 0.29) is 0 Å². The number of rotatable bonds is 3. The molecule has 6 heteroatoms. The molecule has 3 rings (SSSR count). The molecule has 2 aromatic carbocycles. The summed E-state index contributed by atoms with van der Waals surface area (Å²) in [7, 11) is 1.61. The lowest BCUT2D eigenvalue weighted by molar-refractivity contribution is 0.0516. The van der Waals surface area contributed by atoms with Crippen molar-refractivity contribution in [3.05, 3.63) is 62.6 Å². The molecule has 0 fully saturated rings. The van der Waals surface area contributed by atoms with E-state index in [1.165, 1.54) is 0 Å². The zero-order valence-corrected chi connectivity index (χ0v) is 14.6. The average Bonchev–Trinajstić information content (AvgIpc) is 2.99. The summed E-state index contributed by atoms with van der Waals surface area (Å²) in [6.07, 6.45) is 1.52. The average molecular weight is 395 g/mol. The Morgan fingerprint density at radius 1 is 1.17 bits per heavy atom.